The summed E-state index contributed by atoms with van der Waals surface area (Å²) in [7, 11) is 1.21. The summed E-state index contributed by atoms with van der Waals surface area (Å²) in [6.45, 7) is 0.655. The van der Waals surface area contributed by atoms with E-state index in [0.29, 0.717) is 0 Å². The van der Waals surface area contributed by atoms with Crippen LogP contribution in [0.15, 0.2) is 24.3 Å². The predicted molar refractivity (Wildman–Crippen MR) is 52.2 cm³/mol. The second kappa shape index (κ2) is 4.49. The van der Waals surface area contributed by atoms with Gasteiger partial charge in [-0.3, -0.25) is 4.79 Å². The van der Waals surface area contributed by atoms with E-state index in [0.717, 1.165) is 0 Å². The molecule has 82 valence electrons. The van der Waals surface area contributed by atoms with Crippen molar-refractivity contribution in [3.63, 3.8) is 0 Å². The lowest BCUT2D eigenvalue weighted by Crippen LogP contribution is -2.20. The lowest BCUT2D eigenvalue weighted by atomic mass is 10.0. The average Bonchev–Trinajstić information content (AvgIpc) is 2.18. The highest BCUT2D eigenvalue weighted by molar-refractivity contribution is 5.94. The molecule has 1 rings (SSSR count). The molecule has 4 heteroatoms. The van der Waals surface area contributed by atoms with Crippen molar-refractivity contribution in [2.45, 2.75) is 12.8 Å². The van der Waals surface area contributed by atoms with Gasteiger partial charge in [-0.1, -0.05) is 18.2 Å². The molecule has 0 aliphatic heterocycles. The third-order valence-electron chi connectivity index (χ3n) is 2.02. The van der Waals surface area contributed by atoms with Gasteiger partial charge in [-0.25, -0.2) is 0 Å². The van der Waals surface area contributed by atoms with Gasteiger partial charge in [-0.2, -0.15) is 8.78 Å². The number of Topliss-reactive ketones (excluding diaryl/α,β-unsaturated/α-hetero) is 1. The SMILES string of the molecule is COCC(F)(F)c1cccc(C(C)=O)c1. The quantitative estimate of drug-likeness (QED) is 0.720. The Morgan fingerprint density at radius 1 is 1.47 bits per heavy atom. The molecule has 1 aromatic carbocycles. The Bertz CT molecular complexity index is 361. The summed E-state index contributed by atoms with van der Waals surface area (Å²) in [5, 5.41) is 0. The number of benzene rings is 1. The van der Waals surface area contributed by atoms with Crippen molar-refractivity contribution in [2.75, 3.05) is 13.7 Å². The van der Waals surface area contributed by atoms with Gasteiger partial charge < -0.3 is 4.74 Å². The number of ketones is 1. The molecular weight excluding hydrogens is 202 g/mol. The lowest BCUT2D eigenvalue weighted by Gasteiger charge is -2.15. The van der Waals surface area contributed by atoms with E-state index in [1.165, 1.54) is 38.3 Å². The second-order valence-corrected chi connectivity index (χ2v) is 3.27. The summed E-state index contributed by atoms with van der Waals surface area (Å²) in [5.41, 5.74) is 0.0836. The minimum absolute atomic E-state index is 0.197. The number of hydrogen-bond acceptors (Lipinski definition) is 2. The Labute approximate surface area is 86.9 Å². The van der Waals surface area contributed by atoms with Gasteiger partial charge in [0.1, 0.15) is 6.61 Å². The topological polar surface area (TPSA) is 26.3 Å². The fourth-order valence-corrected chi connectivity index (χ4v) is 1.23. The molecule has 1 aromatic rings. The molecule has 0 amide bonds. The van der Waals surface area contributed by atoms with E-state index in [4.69, 9.17) is 0 Å². The van der Waals surface area contributed by atoms with Gasteiger partial charge in [0.15, 0.2) is 5.78 Å². The van der Waals surface area contributed by atoms with Crippen LogP contribution in [0.25, 0.3) is 0 Å². The Balaban J connectivity index is 3.04. The number of hydrogen-bond donors (Lipinski definition) is 0. The van der Waals surface area contributed by atoms with Gasteiger partial charge >= 0.3 is 0 Å². The zero-order valence-electron chi connectivity index (χ0n) is 8.59. The van der Waals surface area contributed by atoms with Crippen molar-refractivity contribution in [2.24, 2.45) is 0 Å². The van der Waals surface area contributed by atoms with Gasteiger partial charge in [0, 0.05) is 18.2 Å². The molecule has 0 atom stereocenters. The van der Waals surface area contributed by atoms with Gasteiger partial charge in [-0.05, 0) is 13.0 Å². The number of halogens is 2. The van der Waals surface area contributed by atoms with E-state index in [1.54, 1.807) is 0 Å². The summed E-state index contributed by atoms with van der Waals surface area (Å²) < 4.78 is 31.2. The van der Waals surface area contributed by atoms with E-state index >= 15 is 0 Å². The van der Waals surface area contributed by atoms with Crippen LogP contribution in [-0.4, -0.2) is 19.5 Å². The summed E-state index contributed by atoms with van der Waals surface area (Å²) in [5.74, 6) is -3.29. The molecule has 0 fully saturated rings. The third kappa shape index (κ3) is 2.83. The normalized spacial score (nSPS) is 11.5. The number of ether oxygens (including phenoxy) is 1. The van der Waals surface area contributed by atoms with Crippen LogP contribution in [0.3, 0.4) is 0 Å². The van der Waals surface area contributed by atoms with Crippen LogP contribution in [0.2, 0.25) is 0 Å². The van der Waals surface area contributed by atoms with Crippen LogP contribution < -0.4 is 0 Å². The molecule has 0 saturated carbocycles. The molecule has 0 aromatic heterocycles. The van der Waals surface area contributed by atoms with Crippen molar-refractivity contribution in [1.82, 2.24) is 0 Å². The highest BCUT2D eigenvalue weighted by atomic mass is 19.3. The van der Waals surface area contributed by atoms with Crippen LogP contribution in [0.5, 0.6) is 0 Å². The Morgan fingerprint density at radius 2 is 2.13 bits per heavy atom. The predicted octanol–water partition coefficient (Wildman–Crippen LogP) is 2.63. The molecule has 0 heterocycles. The van der Waals surface area contributed by atoms with E-state index in [-0.39, 0.29) is 16.9 Å². The maximum absolute atomic E-state index is 13.4. The van der Waals surface area contributed by atoms with Gasteiger partial charge in [0.25, 0.3) is 5.92 Å². The van der Waals surface area contributed by atoms with E-state index in [2.05, 4.69) is 4.74 Å². The molecule has 0 aliphatic carbocycles. The van der Waals surface area contributed by atoms with Crippen LogP contribution in [0.4, 0.5) is 8.78 Å². The van der Waals surface area contributed by atoms with E-state index in [9.17, 15) is 13.6 Å². The fourth-order valence-electron chi connectivity index (χ4n) is 1.23. The highest BCUT2D eigenvalue weighted by Crippen LogP contribution is 2.28. The summed E-state index contributed by atoms with van der Waals surface area (Å²) >= 11 is 0. The first-order valence-electron chi connectivity index (χ1n) is 4.45. The first-order chi connectivity index (χ1) is 6.97. The minimum atomic E-state index is -3.06. The molecule has 0 radical (unpaired) electrons. The maximum atomic E-state index is 13.4. The number of rotatable bonds is 4. The Morgan fingerprint density at radius 3 is 2.67 bits per heavy atom. The smallest absolute Gasteiger partial charge is 0.296 e. The number of carbonyl (C=O) groups excluding carboxylic acids is 1. The molecule has 0 N–H and O–H groups in total. The Hall–Kier alpha value is -1.29. The zero-order chi connectivity index (χ0) is 11.5. The standard InChI is InChI=1S/C11H12F2O2/c1-8(14)9-4-3-5-10(6-9)11(12,13)7-15-2/h3-6H,7H2,1-2H3. The van der Waals surface area contributed by atoms with Crippen LogP contribution in [-0.2, 0) is 10.7 Å². The molecule has 0 bridgehead atoms. The van der Waals surface area contributed by atoms with Crippen molar-refractivity contribution >= 4 is 5.78 Å². The van der Waals surface area contributed by atoms with Gasteiger partial charge in [0.2, 0.25) is 0 Å². The molecule has 0 saturated heterocycles. The van der Waals surface area contributed by atoms with Gasteiger partial charge in [0.05, 0.1) is 0 Å². The number of alkyl halides is 2. The minimum Gasteiger partial charge on any atom is -0.378 e. The maximum Gasteiger partial charge on any atom is 0.296 e. The van der Waals surface area contributed by atoms with Crippen molar-refractivity contribution < 1.29 is 18.3 Å². The van der Waals surface area contributed by atoms with Crippen molar-refractivity contribution in [3.8, 4) is 0 Å². The number of methoxy groups -OCH3 is 1. The van der Waals surface area contributed by atoms with Crippen molar-refractivity contribution in [3.05, 3.63) is 35.4 Å². The monoisotopic (exact) mass is 214 g/mol. The van der Waals surface area contributed by atoms with Gasteiger partial charge in [-0.15, -0.1) is 0 Å². The molecule has 15 heavy (non-hydrogen) atoms. The highest BCUT2D eigenvalue weighted by Gasteiger charge is 2.31. The first-order valence-corrected chi connectivity index (χ1v) is 4.45. The summed E-state index contributed by atoms with van der Waals surface area (Å²) in [6, 6.07) is 5.43. The molecule has 0 unspecified atom stereocenters. The first kappa shape index (κ1) is 11.8. The Kier molecular flexibility index (Phi) is 3.52. The average molecular weight is 214 g/mol. The fraction of sp³-hybridized carbons (Fsp3) is 0.364. The second-order valence-electron chi connectivity index (χ2n) is 3.27. The molecule has 0 aliphatic rings. The molecule has 0 spiro atoms. The summed E-state index contributed by atoms with van der Waals surface area (Å²) in [4.78, 5) is 11.0. The van der Waals surface area contributed by atoms with Crippen molar-refractivity contribution in [1.29, 1.82) is 0 Å². The van der Waals surface area contributed by atoms with E-state index in [1.807, 2.05) is 0 Å². The lowest BCUT2D eigenvalue weighted by molar-refractivity contribution is -0.0698. The van der Waals surface area contributed by atoms with Crippen LogP contribution >= 0.6 is 0 Å². The number of carbonyl (C=O) groups is 1. The largest absolute Gasteiger partial charge is 0.378 e. The van der Waals surface area contributed by atoms with Crippen LogP contribution in [0, 0.1) is 0 Å². The molecule has 2 nitrogen and oxygen atoms in total. The van der Waals surface area contributed by atoms with E-state index < -0.39 is 12.5 Å². The summed E-state index contributed by atoms with van der Waals surface area (Å²) in [6.07, 6.45) is 0. The zero-order valence-corrected chi connectivity index (χ0v) is 8.59. The third-order valence-corrected chi connectivity index (χ3v) is 2.02. The molecular formula is C11H12F2O2. The van der Waals surface area contributed by atoms with Crippen LogP contribution in [0.1, 0.15) is 22.8 Å².